The van der Waals surface area contributed by atoms with Gasteiger partial charge in [-0.2, -0.15) is 0 Å². The van der Waals surface area contributed by atoms with E-state index in [0.29, 0.717) is 21.6 Å². The van der Waals surface area contributed by atoms with E-state index in [2.05, 4.69) is 10.3 Å². The minimum absolute atomic E-state index is 0.306. The zero-order valence-corrected chi connectivity index (χ0v) is 10.5. The van der Waals surface area contributed by atoms with Crippen LogP contribution in [0.15, 0.2) is 30.6 Å². The van der Waals surface area contributed by atoms with Crippen molar-refractivity contribution in [3.63, 3.8) is 0 Å². The third-order valence-electron chi connectivity index (χ3n) is 2.19. The first-order chi connectivity index (χ1) is 8.08. The van der Waals surface area contributed by atoms with E-state index in [1.807, 2.05) is 0 Å². The molecule has 0 aliphatic rings. The highest BCUT2D eigenvalue weighted by Crippen LogP contribution is 2.19. The average molecular weight is 270 g/mol. The van der Waals surface area contributed by atoms with Crippen LogP contribution >= 0.6 is 23.2 Å². The standard InChI is InChI=1S/C11H9Cl2N3O/c1-16-6-7(12)5-9(16)11(17)15-10-8(13)3-2-4-14-10/h2-6H,1H3,(H,14,15,17). The second-order valence-electron chi connectivity index (χ2n) is 3.44. The second-order valence-corrected chi connectivity index (χ2v) is 4.29. The number of anilines is 1. The van der Waals surface area contributed by atoms with E-state index in [4.69, 9.17) is 23.2 Å². The van der Waals surface area contributed by atoms with Gasteiger partial charge in [0, 0.05) is 19.4 Å². The summed E-state index contributed by atoms with van der Waals surface area (Å²) in [6.45, 7) is 0. The minimum atomic E-state index is -0.306. The normalized spacial score (nSPS) is 10.3. The summed E-state index contributed by atoms with van der Waals surface area (Å²) in [6, 6.07) is 4.92. The summed E-state index contributed by atoms with van der Waals surface area (Å²) in [6.07, 6.45) is 3.20. The fourth-order valence-electron chi connectivity index (χ4n) is 1.40. The molecule has 0 aromatic carbocycles. The molecule has 0 spiro atoms. The van der Waals surface area contributed by atoms with Crippen molar-refractivity contribution in [3.8, 4) is 0 Å². The largest absolute Gasteiger partial charge is 0.345 e. The maximum absolute atomic E-state index is 11.9. The van der Waals surface area contributed by atoms with Crippen LogP contribution in [0, 0.1) is 0 Å². The minimum Gasteiger partial charge on any atom is -0.345 e. The van der Waals surface area contributed by atoms with Crippen LogP contribution in [0.1, 0.15) is 10.5 Å². The third kappa shape index (κ3) is 2.60. The van der Waals surface area contributed by atoms with Gasteiger partial charge in [-0.25, -0.2) is 4.98 Å². The van der Waals surface area contributed by atoms with Crippen molar-refractivity contribution >= 4 is 34.9 Å². The van der Waals surface area contributed by atoms with Crippen LogP contribution in [0.25, 0.3) is 0 Å². The van der Waals surface area contributed by atoms with Gasteiger partial charge in [-0.1, -0.05) is 23.2 Å². The van der Waals surface area contributed by atoms with Crippen LogP contribution in [0.4, 0.5) is 5.82 Å². The number of carbonyl (C=O) groups excluding carboxylic acids is 1. The SMILES string of the molecule is Cn1cc(Cl)cc1C(=O)Nc1ncccc1Cl. The predicted octanol–water partition coefficient (Wildman–Crippen LogP) is 2.98. The molecule has 0 aliphatic heterocycles. The molecule has 0 unspecified atom stereocenters. The molecule has 2 aromatic heterocycles. The van der Waals surface area contributed by atoms with Crippen LogP contribution in [0.5, 0.6) is 0 Å². The number of nitrogens with one attached hydrogen (secondary N) is 1. The lowest BCUT2D eigenvalue weighted by Gasteiger charge is -2.06. The average Bonchev–Trinajstić information content (AvgIpc) is 2.61. The van der Waals surface area contributed by atoms with Crippen LogP contribution in [0.3, 0.4) is 0 Å². The molecule has 0 saturated carbocycles. The van der Waals surface area contributed by atoms with E-state index < -0.39 is 0 Å². The number of hydrogen-bond acceptors (Lipinski definition) is 2. The molecule has 0 aliphatic carbocycles. The molecule has 17 heavy (non-hydrogen) atoms. The van der Waals surface area contributed by atoms with Crippen molar-refractivity contribution in [1.82, 2.24) is 9.55 Å². The van der Waals surface area contributed by atoms with Crippen molar-refractivity contribution in [2.45, 2.75) is 0 Å². The number of hydrogen-bond donors (Lipinski definition) is 1. The van der Waals surface area contributed by atoms with Gasteiger partial charge in [0.05, 0.1) is 10.0 Å². The third-order valence-corrected chi connectivity index (χ3v) is 2.71. The number of amides is 1. The Labute approximate surface area is 108 Å². The molecule has 6 heteroatoms. The van der Waals surface area contributed by atoms with Gasteiger partial charge in [0.1, 0.15) is 5.69 Å². The molecule has 2 rings (SSSR count). The number of nitrogens with zero attached hydrogens (tertiary/aromatic N) is 2. The molecular formula is C11H9Cl2N3O. The van der Waals surface area contributed by atoms with Gasteiger partial charge < -0.3 is 9.88 Å². The summed E-state index contributed by atoms with van der Waals surface area (Å²) in [7, 11) is 1.74. The highest BCUT2D eigenvalue weighted by atomic mass is 35.5. The van der Waals surface area contributed by atoms with Crippen molar-refractivity contribution in [1.29, 1.82) is 0 Å². The fourth-order valence-corrected chi connectivity index (χ4v) is 1.82. The lowest BCUT2D eigenvalue weighted by Crippen LogP contribution is -2.16. The summed E-state index contributed by atoms with van der Waals surface area (Å²) >= 11 is 11.7. The second kappa shape index (κ2) is 4.77. The van der Waals surface area contributed by atoms with Gasteiger partial charge in [-0.3, -0.25) is 4.79 Å². The van der Waals surface area contributed by atoms with Crippen molar-refractivity contribution < 1.29 is 4.79 Å². The molecule has 0 atom stereocenters. The molecular weight excluding hydrogens is 261 g/mol. The summed E-state index contributed by atoms with van der Waals surface area (Å²) in [4.78, 5) is 15.9. The summed E-state index contributed by atoms with van der Waals surface area (Å²) in [5.74, 6) is 0.0245. The molecule has 2 heterocycles. The molecule has 4 nitrogen and oxygen atoms in total. The van der Waals surface area contributed by atoms with E-state index >= 15 is 0 Å². The van der Waals surface area contributed by atoms with Crippen LogP contribution in [-0.2, 0) is 7.05 Å². The Morgan fingerprint density at radius 2 is 2.24 bits per heavy atom. The van der Waals surface area contributed by atoms with Crippen LogP contribution in [-0.4, -0.2) is 15.5 Å². The zero-order chi connectivity index (χ0) is 12.4. The Kier molecular flexibility index (Phi) is 3.36. The van der Waals surface area contributed by atoms with Gasteiger partial charge in [0.25, 0.3) is 5.91 Å². The maximum atomic E-state index is 11.9. The highest BCUT2D eigenvalue weighted by Gasteiger charge is 2.13. The van der Waals surface area contributed by atoms with Crippen LogP contribution < -0.4 is 5.32 Å². The molecule has 2 aromatic rings. The van der Waals surface area contributed by atoms with Gasteiger partial charge in [-0.15, -0.1) is 0 Å². The number of aryl methyl sites for hydroxylation is 1. The van der Waals surface area contributed by atoms with Crippen molar-refractivity contribution in [2.75, 3.05) is 5.32 Å². The first kappa shape index (κ1) is 12.0. The number of halogens is 2. The van der Waals surface area contributed by atoms with Crippen LogP contribution in [0.2, 0.25) is 10.0 Å². The van der Waals surface area contributed by atoms with Gasteiger partial charge in [-0.05, 0) is 18.2 Å². The highest BCUT2D eigenvalue weighted by molar-refractivity contribution is 6.33. The number of rotatable bonds is 2. The molecule has 0 bridgehead atoms. The first-order valence-corrected chi connectivity index (χ1v) is 5.57. The maximum Gasteiger partial charge on any atom is 0.273 e. The Morgan fingerprint density at radius 1 is 1.47 bits per heavy atom. The first-order valence-electron chi connectivity index (χ1n) is 4.81. The Morgan fingerprint density at radius 3 is 2.82 bits per heavy atom. The van der Waals surface area contributed by atoms with E-state index in [9.17, 15) is 4.79 Å². The number of aromatic nitrogens is 2. The smallest absolute Gasteiger partial charge is 0.273 e. The molecule has 0 radical (unpaired) electrons. The van der Waals surface area contributed by atoms with Gasteiger partial charge in [0.15, 0.2) is 5.82 Å². The zero-order valence-electron chi connectivity index (χ0n) is 8.95. The Balaban J connectivity index is 2.23. The van der Waals surface area contributed by atoms with Crippen molar-refractivity contribution in [2.24, 2.45) is 7.05 Å². The summed E-state index contributed by atoms with van der Waals surface area (Å²) in [5.41, 5.74) is 0.441. The summed E-state index contributed by atoms with van der Waals surface area (Å²) in [5, 5.41) is 3.51. The van der Waals surface area contributed by atoms with E-state index in [0.717, 1.165) is 0 Å². The predicted molar refractivity (Wildman–Crippen MR) is 67.6 cm³/mol. The molecule has 0 saturated heterocycles. The fraction of sp³-hybridized carbons (Fsp3) is 0.0909. The topological polar surface area (TPSA) is 46.9 Å². The molecule has 0 fully saturated rings. The lowest BCUT2D eigenvalue weighted by atomic mass is 10.4. The quantitative estimate of drug-likeness (QED) is 0.911. The number of pyridine rings is 1. The summed E-state index contributed by atoms with van der Waals surface area (Å²) < 4.78 is 1.63. The van der Waals surface area contributed by atoms with Gasteiger partial charge in [0.2, 0.25) is 0 Å². The number of carbonyl (C=O) groups is 1. The Hall–Kier alpha value is -1.52. The van der Waals surface area contributed by atoms with Gasteiger partial charge >= 0.3 is 0 Å². The lowest BCUT2D eigenvalue weighted by molar-refractivity contribution is 0.101. The Bertz CT molecular complexity index is 566. The molecule has 88 valence electrons. The van der Waals surface area contributed by atoms with E-state index in [1.165, 1.54) is 0 Å². The van der Waals surface area contributed by atoms with E-state index in [-0.39, 0.29) is 5.91 Å². The monoisotopic (exact) mass is 269 g/mol. The van der Waals surface area contributed by atoms with E-state index in [1.54, 1.807) is 42.2 Å². The molecule has 1 amide bonds. The van der Waals surface area contributed by atoms with Crippen molar-refractivity contribution in [3.05, 3.63) is 46.3 Å². The molecule has 1 N–H and O–H groups in total.